The molecule has 0 unspecified atom stereocenters. The maximum absolute atomic E-state index is 5.61. The van der Waals surface area contributed by atoms with E-state index < -0.39 is 0 Å². The molecule has 0 amide bonds. The molecule has 2 heterocycles. The van der Waals surface area contributed by atoms with E-state index in [-0.39, 0.29) is 0 Å². The van der Waals surface area contributed by atoms with Crippen molar-refractivity contribution in [1.82, 2.24) is 8.75 Å². The Morgan fingerprint density at radius 1 is 1.50 bits per heavy atom. The largest absolute Gasteiger partial charge is 0.475 e. The first-order valence-corrected chi connectivity index (χ1v) is 6.39. The lowest BCUT2D eigenvalue weighted by Crippen LogP contribution is -2.26. The highest BCUT2D eigenvalue weighted by Crippen LogP contribution is 2.26. The molecule has 0 bridgehead atoms. The summed E-state index contributed by atoms with van der Waals surface area (Å²) in [7, 11) is 1.97. The third kappa shape index (κ3) is 3.05. The average Bonchev–Trinajstić information content (AvgIpc) is 2.83. The molecule has 0 aliphatic heterocycles. The number of rotatable bonds is 5. The van der Waals surface area contributed by atoms with Crippen molar-refractivity contribution in [1.29, 1.82) is 0 Å². The van der Waals surface area contributed by atoms with E-state index in [1.165, 1.54) is 0 Å². The topological polar surface area (TPSA) is 38.9 Å². The molecule has 0 saturated carbocycles. The van der Waals surface area contributed by atoms with Crippen molar-refractivity contribution in [2.75, 3.05) is 6.61 Å². The summed E-state index contributed by atoms with van der Waals surface area (Å²) in [5.41, 5.74) is 1.79. The van der Waals surface area contributed by atoms with Gasteiger partial charge in [0.15, 0.2) is 18.1 Å². The third-order valence-corrected chi connectivity index (χ3v) is 2.89. The normalized spacial score (nSPS) is 10.0. The van der Waals surface area contributed by atoms with E-state index in [0.717, 1.165) is 29.4 Å². The Balaban J connectivity index is 2.10. The molecule has 0 aliphatic rings. The fourth-order valence-electron chi connectivity index (χ4n) is 1.52. The van der Waals surface area contributed by atoms with E-state index in [1.54, 1.807) is 0 Å². The van der Waals surface area contributed by atoms with Crippen molar-refractivity contribution in [2.45, 2.75) is 12.8 Å². The molecule has 0 N–H and O–H groups in total. The number of terminal acetylenes is 1. The minimum atomic E-state index is 0.571. The highest BCUT2D eigenvalue weighted by molar-refractivity contribution is 6.99. The van der Waals surface area contributed by atoms with E-state index in [4.69, 9.17) is 11.2 Å². The Morgan fingerprint density at radius 3 is 3.17 bits per heavy atom. The average molecular weight is 260 g/mol. The Bertz CT molecular complexity index is 559. The zero-order valence-electron chi connectivity index (χ0n) is 10.2. The van der Waals surface area contributed by atoms with Crippen LogP contribution in [0.5, 0.6) is 5.88 Å². The maximum atomic E-state index is 5.61. The first-order chi connectivity index (χ1) is 8.81. The van der Waals surface area contributed by atoms with Crippen LogP contribution in [0.3, 0.4) is 0 Å². The Kier molecular flexibility index (Phi) is 4.26. The van der Waals surface area contributed by atoms with Crippen LogP contribution < -0.4 is 9.30 Å². The number of aryl methyl sites for hydroxylation is 1. The summed E-state index contributed by atoms with van der Waals surface area (Å²) in [6, 6.07) is 3.96. The molecule has 92 valence electrons. The van der Waals surface area contributed by atoms with Gasteiger partial charge in [-0.15, -0.1) is 16.7 Å². The van der Waals surface area contributed by atoms with E-state index in [1.807, 2.05) is 36.1 Å². The molecule has 18 heavy (non-hydrogen) atoms. The van der Waals surface area contributed by atoms with Crippen LogP contribution in [-0.4, -0.2) is 15.4 Å². The van der Waals surface area contributed by atoms with Gasteiger partial charge in [-0.3, -0.25) is 0 Å². The summed E-state index contributed by atoms with van der Waals surface area (Å²) in [5, 5.41) is 0. The smallest absolute Gasteiger partial charge is 0.254 e. The Morgan fingerprint density at radius 2 is 2.39 bits per heavy atom. The van der Waals surface area contributed by atoms with Gasteiger partial charge >= 0.3 is 0 Å². The maximum Gasteiger partial charge on any atom is 0.254 e. The molecular formula is C13H14N3OS+. The minimum Gasteiger partial charge on any atom is -0.475 e. The van der Waals surface area contributed by atoms with Gasteiger partial charge in [0.25, 0.3) is 5.88 Å². The lowest BCUT2D eigenvalue weighted by atomic mass is 10.2. The second kappa shape index (κ2) is 6.12. The van der Waals surface area contributed by atoms with Gasteiger partial charge in [0.2, 0.25) is 0 Å². The second-order valence-electron chi connectivity index (χ2n) is 3.83. The molecule has 2 aromatic heterocycles. The van der Waals surface area contributed by atoms with Crippen LogP contribution in [0.4, 0.5) is 0 Å². The SMILES string of the molecule is C#CCCCOc1nsnc1-c1ccc[n+](C)c1. The fourth-order valence-corrected chi connectivity index (χ4v) is 2.04. The van der Waals surface area contributed by atoms with Gasteiger partial charge < -0.3 is 4.74 Å². The zero-order chi connectivity index (χ0) is 12.8. The first-order valence-electron chi connectivity index (χ1n) is 5.66. The molecular weight excluding hydrogens is 246 g/mol. The number of hydrogen-bond donors (Lipinski definition) is 0. The van der Waals surface area contributed by atoms with Gasteiger partial charge in [0.1, 0.15) is 7.05 Å². The van der Waals surface area contributed by atoms with Crippen molar-refractivity contribution < 1.29 is 9.30 Å². The second-order valence-corrected chi connectivity index (χ2v) is 4.36. The standard InChI is InChI=1S/C13H14N3OS/c1-3-4-5-9-17-13-12(14-18-15-13)11-7-6-8-16(2)10-11/h1,6-8,10H,4-5,9H2,2H3/q+1. The number of hydrogen-bond acceptors (Lipinski definition) is 4. The summed E-state index contributed by atoms with van der Waals surface area (Å²) < 4.78 is 16.0. The highest BCUT2D eigenvalue weighted by Gasteiger charge is 2.14. The van der Waals surface area contributed by atoms with Gasteiger partial charge in [0, 0.05) is 12.5 Å². The summed E-state index contributed by atoms with van der Waals surface area (Å²) in [5.74, 6) is 3.17. The van der Waals surface area contributed by atoms with Crippen LogP contribution in [0.1, 0.15) is 12.8 Å². The molecule has 5 heteroatoms. The van der Waals surface area contributed by atoms with E-state index >= 15 is 0 Å². The van der Waals surface area contributed by atoms with Crippen molar-refractivity contribution in [3.05, 3.63) is 24.5 Å². The van der Waals surface area contributed by atoms with Gasteiger partial charge in [0.05, 0.1) is 23.9 Å². The lowest BCUT2D eigenvalue weighted by Gasteiger charge is -2.02. The molecule has 0 saturated heterocycles. The Labute approximate surface area is 111 Å². The van der Waals surface area contributed by atoms with Gasteiger partial charge in [-0.05, 0) is 12.5 Å². The van der Waals surface area contributed by atoms with Crippen LogP contribution in [0, 0.1) is 12.3 Å². The predicted molar refractivity (Wildman–Crippen MR) is 70.1 cm³/mol. The van der Waals surface area contributed by atoms with Crippen molar-refractivity contribution in [3.63, 3.8) is 0 Å². The lowest BCUT2D eigenvalue weighted by molar-refractivity contribution is -0.671. The van der Waals surface area contributed by atoms with Crippen LogP contribution in [0.15, 0.2) is 24.5 Å². The van der Waals surface area contributed by atoms with E-state index in [2.05, 4.69) is 14.7 Å². The molecule has 4 nitrogen and oxygen atoms in total. The summed E-state index contributed by atoms with van der Waals surface area (Å²) in [6.07, 6.45) is 10.7. The predicted octanol–water partition coefficient (Wildman–Crippen LogP) is 1.82. The number of aromatic nitrogens is 3. The molecule has 0 atom stereocenters. The molecule has 2 rings (SSSR count). The van der Waals surface area contributed by atoms with Gasteiger partial charge in [-0.25, -0.2) is 4.57 Å². The number of pyridine rings is 1. The van der Waals surface area contributed by atoms with E-state index in [0.29, 0.717) is 18.9 Å². The quantitative estimate of drug-likeness (QED) is 0.467. The highest BCUT2D eigenvalue weighted by atomic mass is 32.1. The molecule has 0 aromatic carbocycles. The summed E-state index contributed by atoms with van der Waals surface area (Å²) >= 11 is 1.16. The molecule has 2 aromatic rings. The van der Waals surface area contributed by atoms with E-state index in [9.17, 15) is 0 Å². The van der Waals surface area contributed by atoms with Crippen LogP contribution >= 0.6 is 11.7 Å². The molecule has 0 radical (unpaired) electrons. The molecule has 0 aliphatic carbocycles. The number of ether oxygens (including phenoxy) is 1. The van der Waals surface area contributed by atoms with Crippen molar-refractivity contribution in [3.8, 4) is 29.5 Å². The summed E-state index contributed by atoms with van der Waals surface area (Å²) in [6.45, 7) is 0.571. The van der Waals surface area contributed by atoms with Crippen molar-refractivity contribution >= 4 is 11.7 Å². The van der Waals surface area contributed by atoms with Gasteiger partial charge in [-0.2, -0.15) is 4.37 Å². The van der Waals surface area contributed by atoms with Crippen LogP contribution in [0.25, 0.3) is 11.3 Å². The fraction of sp³-hybridized carbons (Fsp3) is 0.308. The first kappa shape index (κ1) is 12.5. The zero-order valence-corrected chi connectivity index (χ0v) is 11.0. The third-order valence-electron chi connectivity index (χ3n) is 2.38. The summed E-state index contributed by atoms with van der Waals surface area (Å²) in [4.78, 5) is 0. The van der Waals surface area contributed by atoms with Crippen LogP contribution in [-0.2, 0) is 7.05 Å². The van der Waals surface area contributed by atoms with Crippen LogP contribution in [0.2, 0.25) is 0 Å². The monoisotopic (exact) mass is 260 g/mol. The number of unbranched alkanes of at least 4 members (excludes halogenated alkanes) is 1. The van der Waals surface area contributed by atoms with Crippen molar-refractivity contribution in [2.24, 2.45) is 7.05 Å². The Hall–Kier alpha value is -1.93. The minimum absolute atomic E-state index is 0.571. The molecule has 0 spiro atoms. The van der Waals surface area contributed by atoms with Gasteiger partial charge in [-0.1, -0.05) is 0 Å². The molecule has 0 fully saturated rings. The number of nitrogens with zero attached hydrogens (tertiary/aromatic N) is 3.